The summed E-state index contributed by atoms with van der Waals surface area (Å²) in [6, 6.07) is 11.5. The zero-order valence-electron chi connectivity index (χ0n) is 22.7. The number of anilines is 1. The summed E-state index contributed by atoms with van der Waals surface area (Å²) >= 11 is 1.13. The van der Waals surface area contributed by atoms with E-state index in [1.54, 1.807) is 6.92 Å². The summed E-state index contributed by atoms with van der Waals surface area (Å²) in [5, 5.41) is 12.4. The normalized spacial score (nSPS) is 14.9. The van der Waals surface area contributed by atoms with E-state index in [9.17, 15) is 31.2 Å². The minimum atomic E-state index is -4.49. The second-order valence-corrected chi connectivity index (χ2v) is 12.7. The van der Waals surface area contributed by atoms with Crippen LogP contribution in [0.3, 0.4) is 0 Å². The minimum absolute atomic E-state index is 0.0257. The lowest BCUT2D eigenvalue weighted by atomic mass is 10.0. The number of ether oxygens (including phenoxy) is 2. The molecular weight excluding hydrogens is 597 g/mol. The Kier molecular flexibility index (Phi) is 9.48. The van der Waals surface area contributed by atoms with Crippen LogP contribution in [0.15, 0.2) is 48.5 Å². The maximum atomic E-state index is 12.9. The number of nitrogens with zero attached hydrogens (tertiary/aromatic N) is 1. The molecule has 1 aliphatic rings. The van der Waals surface area contributed by atoms with Crippen molar-refractivity contribution in [3.05, 3.63) is 70.1 Å². The van der Waals surface area contributed by atoms with Crippen LogP contribution in [0, 0.1) is 6.92 Å². The zero-order chi connectivity index (χ0) is 30.7. The van der Waals surface area contributed by atoms with E-state index in [2.05, 4.69) is 5.32 Å². The Morgan fingerprint density at radius 1 is 1.12 bits per heavy atom. The van der Waals surface area contributed by atoms with Crippen molar-refractivity contribution in [2.75, 3.05) is 32.1 Å². The third kappa shape index (κ3) is 7.41. The highest BCUT2D eigenvalue weighted by atomic mass is 32.2. The molecule has 1 saturated heterocycles. The predicted octanol–water partition coefficient (Wildman–Crippen LogP) is 5.40. The van der Waals surface area contributed by atoms with Crippen molar-refractivity contribution >= 4 is 39.0 Å². The number of sulfonamides is 1. The highest BCUT2D eigenvalue weighted by Gasteiger charge is 2.31. The number of esters is 1. The second kappa shape index (κ2) is 12.7. The third-order valence-corrected chi connectivity index (χ3v) is 9.93. The zero-order valence-corrected chi connectivity index (χ0v) is 24.4. The number of benzene rings is 2. The fraction of sp³-hybridized carbons (Fsp3) is 0.357. The number of nitrogens with one attached hydrogen (secondary N) is 1. The van der Waals surface area contributed by atoms with Gasteiger partial charge in [0.1, 0.15) is 5.75 Å². The fourth-order valence-corrected chi connectivity index (χ4v) is 7.39. The summed E-state index contributed by atoms with van der Waals surface area (Å²) in [5.74, 6) is -2.03. The number of hydrogen-bond donors (Lipinski definition) is 2. The van der Waals surface area contributed by atoms with E-state index in [1.807, 2.05) is 24.3 Å². The molecule has 226 valence electrons. The Balaban J connectivity index is 1.41. The Bertz CT molecular complexity index is 1550. The van der Waals surface area contributed by atoms with E-state index in [0.29, 0.717) is 23.3 Å². The summed E-state index contributed by atoms with van der Waals surface area (Å²) in [6.07, 6.45) is -3.44. The van der Waals surface area contributed by atoms with E-state index in [4.69, 9.17) is 14.6 Å². The van der Waals surface area contributed by atoms with Gasteiger partial charge < -0.3 is 19.9 Å². The summed E-state index contributed by atoms with van der Waals surface area (Å²) in [5.41, 5.74) is 1.61. The highest BCUT2D eigenvalue weighted by Crippen LogP contribution is 2.42. The largest absolute Gasteiger partial charge is 0.480 e. The molecule has 2 aromatic carbocycles. The maximum absolute atomic E-state index is 12.9. The lowest BCUT2D eigenvalue weighted by Gasteiger charge is -2.32. The maximum Gasteiger partial charge on any atom is 0.416 e. The van der Waals surface area contributed by atoms with Crippen LogP contribution in [0.1, 0.15) is 39.2 Å². The molecule has 1 fully saturated rings. The molecule has 4 rings (SSSR count). The molecule has 2 heterocycles. The van der Waals surface area contributed by atoms with Crippen LogP contribution in [0.5, 0.6) is 5.75 Å². The molecular formula is C28H29F3N2O7S2. The van der Waals surface area contributed by atoms with Gasteiger partial charge in [0.2, 0.25) is 10.0 Å². The molecule has 0 unspecified atom stereocenters. The minimum Gasteiger partial charge on any atom is -0.480 e. The van der Waals surface area contributed by atoms with Gasteiger partial charge in [0.25, 0.3) is 0 Å². The van der Waals surface area contributed by atoms with Crippen LogP contribution in [0.4, 0.5) is 18.9 Å². The smallest absolute Gasteiger partial charge is 0.416 e. The molecule has 0 radical (unpaired) electrons. The Morgan fingerprint density at radius 3 is 2.38 bits per heavy atom. The number of aliphatic carboxylic acids is 1. The van der Waals surface area contributed by atoms with Gasteiger partial charge in [-0.15, -0.1) is 11.3 Å². The number of carbonyl (C=O) groups is 2. The average Bonchev–Trinajstić information content (AvgIpc) is 3.27. The Morgan fingerprint density at radius 2 is 1.79 bits per heavy atom. The molecule has 0 atom stereocenters. The molecule has 0 saturated carbocycles. The molecule has 1 aromatic heterocycles. The summed E-state index contributed by atoms with van der Waals surface area (Å²) in [4.78, 5) is 24.2. The van der Waals surface area contributed by atoms with Crippen LogP contribution in [0.25, 0.3) is 10.4 Å². The average molecular weight is 627 g/mol. The molecule has 1 aliphatic heterocycles. The molecule has 42 heavy (non-hydrogen) atoms. The first-order valence-electron chi connectivity index (χ1n) is 12.9. The van der Waals surface area contributed by atoms with Gasteiger partial charge >= 0.3 is 18.1 Å². The number of alkyl halides is 3. The SMILES string of the molecule is COC(=O)c1sc(-c2cccc(NC3CCN(S(=O)(=O)Cc4ccc(C(F)(F)F)cc4)CC3)c2)c(C)c1OCC(=O)O. The number of methoxy groups -OCH3 is 1. The first kappa shape index (κ1) is 31.3. The molecule has 2 N–H and O–H groups in total. The summed E-state index contributed by atoms with van der Waals surface area (Å²) in [6.45, 7) is 1.64. The van der Waals surface area contributed by atoms with Crippen molar-refractivity contribution in [1.29, 1.82) is 0 Å². The van der Waals surface area contributed by atoms with Crippen LogP contribution in [-0.4, -0.2) is 62.6 Å². The van der Waals surface area contributed by atoms with Crippen LogP contribution < -0.4 is 10.1 Å². The van der Waals surface area contributed by atoms with Gasteiger partial charge in [-0.1, -0.05) is 24.3 Å². The van der Waals surface area contributed by atoms with E-state index in [-0.39, 0.29) is 41.1 Å². The van der Waals surface area contributed by atoms with E-state index in [0.717, 1.165) is 34.7 Å². The third-order valence-electron chi connectivity index (χ3n) is 6.78. The van der Waals surface area contributed by atoms with Crippen molar-refractivity contribution in [3.8, 4) is 16.2 Å². The molecule has 14 heteroatoms. The first-order valence-corrected chi connectivity index (χ1v) is 15.3. The van der Waals surface area contributed by atoms with Crippen molar-refractivity contribution in [2.45, 2.75) is 37.7 Å². The number of thiophene rings is 1. The van der Waals surface area contributed by atoms with Gasteiger partial charge in [-0.3, -0.25) is 0 Å². The summed E-state index contributed by atoms with van der Waals surface area (Å²) in [7, 11) is -2.48. The van der Waals surface area contributed by atoms with E-state index < -0.39 is 40.3 Å². The monoisotopic (exact) mass is 626 g/mol. The fourth-order valence-electron chi connectivity index (χ4n) is 4.66. The number of halogens is 3. The standard InChI is InChI=1S/C28H29F3N2O7S2/c1-17-24(40-15-23(34)35)26(27(36)39-2)41-25(17)19-4-3-5-22(14-19)32-21-10-12-33(13-11-21)42(37,38)16-18-6-8-20(9-7-18)28(29,30)31/h3-9,14,21,32H,10-13,15-16H2,1-2H3,(H,34,35). The van der Waals surface area contributed by atoms with Gasteiger partial charge in [0.05, 0.1) is 18.4 Å². The molecule has 0 amide bonds. The number of carboxylic acids is 1. The van der Waals surface area contributed by atoms with Crippen LogP contribution in [-0.2, 0) is 31.5 Å². The lowest BCUT2D eigenvalue weighted by Crippen LogP contribution is -2.42. The van der Waals surface area contributed by atoms with Crippen molar-refractivity contribution < 1.29 is 45.8 Å². The number of carbonyl (C=O) groups excluding carboxylic acids is 1. The summed E-state index contributed by atoms with van der Waals surface area (Å²) < 4.78 is 75.9. The quantitative estimate of drug-likeness (QED) is 0.287. The van der Waals surface area contributed by atoms with Crippen molar-refractivity contribution in [1.82, 2.24) is 4.31 Å². The Labute approximate surface area is 244 Å². The number of rotatable bonds is 10. The molecule has 0 spiro atoms. The van der Waals surface area contributed by atoms with Gasteiger partial charge in [-0.25, -0.2) is 22.3 Å². The molecule has 0 aliphatic carbocycles. The highest BCUT2D eigenvalue weighted by molar-refractivity contribution is 7.88. The van der Waals surface area contributed by atoms with Gasteiger partial charge in [-0.2, -0.15) is 13.2 Å². The van der Waals surface area contributed by atoms with Gasteiger partial charge in [-0.05, 0) is 55.2 Å². The molecule has 3 aromatic rings. The predicted molar refractivity (Wildman–Crippen MR) is 151 cm³/mol. The van der Waals surface area contributed by atoms with Crippen molar-refractivity contribution in [2.24, 2.45) is 0 Å². The molecule has 0 bridgehead atoms. The van der Waals surface area contributed by atoms with Gasteiger partial charge in [0, 0.05) is 35.3 Å². The number of carboxylic acid groups (broad SMARTS) is 1. The molecule has 9 nitrogen and oxygen atoms in total. The Hall–Kier alpha value is -3.62. The number of hydrogen-bond acceptors (Lipinski definition) is 8. The first-order chi connectivity index (χ1) is 19.8. The lowest BCUT2D eigenvalue weighted by molar-refractivity contribution is -0.139. The van der Waals surface area contributed by atoms with Gasteiger partial charge in [0.15, 0.2) is 11.5 Å². The van der Waals surface area contributed by atoms with Crippen LogP contribution >= 0.6 is 11.3 Å². The number of piperidine rings is 1. The van der Waals surface area contributed by atoms with E-state index in [1.165, 1.54) is 23.5 Å². The van der Waals surface area contributed by atoms with E-state index >= 15 is 0 Å². The van der Waals surface area contributed by atoms with Crippen molar-refractivity contribution in [3.63, 3.8) is 0 Å². The topological polar surface area (TPSA) is 122 Å². The second-order valence-electron chi connectivity index (χ2n) is 9.74. The van der Waals surface area contributed by atoms with Crippen LogP contribution in [0.2, 0.25) is 0 Å².